The van der Waals surface area contributed by atoms with E-state index in [0.717, 1.165) is 49.1 Å². The summed E-state index contributed by atoms with van der Waals surface area (Å²) in [5.74, 6) is 1.12. The van der Waals surface area contributed by atoms with E-state index in [1.807, 2.05) is 6.07 Å². The molecule has 1 N–H and O–H groups in total. The van der Waals surface area contributed by atoms with Gasteiger partial charge in [0, 0.05) is 35.3 Å². The third-order valence-corrected chi connectivity index (χ3v) is 5.15. The van der Waals surface area contributed by atoms with Gasteiger partial charge in [0.25, 0.3) is 0 Å². The predicted molar refractivity (Wildman–Crippen MR) is 117 cm³/mol. The number of benzene rings is 2. The van der Waals surface area contributed by atoms with Gasteiger partial charge in [-0.05, 0) is 54.1 Å². The summed E-state index contributed by atoms with van der Waals surface area (Å²) in [6.07, 6.45) is 4.46. The van der Waals surface area contributed by atoms with Crippen LogP contribution in [0.15, 0.2) is 85.6 Å². The summed E-state index contributed by atoms with van der Waals surface area (Å²) in [4.78, 5) is 11.3. The van der Waals surface area contributed by atoms with Crippen LogP contribution in [-0.2, 0) is 11.5 Å². The van der Waals surface area contributed by atoms with E-state index in [4.69, 9.17) is 5.26 Å². The van der Waals surface area contributed by atoms with Crippen LogP contribution in [0, 0.1) is 29.0 Å². The maximum absolute atomic E-state index is 15.8. The van der Waals surface area contributed by atoms with Crippen LogP contribution < -0.4 is 0 Å². The SMILES string of the molecule is N#Cc1ccc(C#Cc2ccc(C(F)(F)C(O)(c3ccc(F)cc3)c3cncnc3)nc2)cc1. The number of aliphatic hydroxyl groups is 1. The number of rotatable bonds is 4. The summed E-state index contributed by atoms with van der Waals surface area (Å²) in [6, 6.07) is 15.1. The average molecular weight is 456 g/mol. The van der Waals surface area contributed by atoms with E-state index in [-0.39, 0.29) is 11.1 Å². The molecule has 0 fully saturated rings. The summed E-state index contributed by atoms with van der Waals surface area (Å²) in [6.45, 7) is 0. The highest BCUT2D eigenvalue weighted by atomic mass is 19.3. The third-order valence-electron chi connectivity index (χ3n) is 5.15. The minimum Gasteiger partial charge on any atom is -0.374 e. The van der Waals surface area contributed by atoms with Gasteiger partial charge < -0.3 is 5.11 Å². The quantitative estimate of drug-likeness (QED) is 0.463. The van der Waals surface area contributed by atoms with Crippen LogP contribution in [0.5, 0.6) is 0 Å². The van der Waals surface area contributed by atoms with Crippen molar-refractivity contribution in [1.29, 1.82) is 5.26 Å². The first kappa shape index (κ1) is 22.7. The predicted octanol–water partition coefficient (Wildman–Crippen LogP) is 4.31. The highest BCUT2D eigenvalue weighted by Crippen LogP contribution is 2.48. The van der Waals surface area contributed by atoms with Crippen LogP contribution in [0.2, 0.25) is 0 Å². The second-order valence-electron chi connectivity index (χ2n) is 7.29. The van der Waals surface area contributed by atoms with Gasteiger partial charge >= 0.3 is 5.92 Å². The molecule has 0 aliphatic carbocycles. The van der Waals surface area contributed by atoms with Crippen molar-refractivity contribution in [3.05, 3.63) is 125 Å². The van der Waals surface area contributed by atoms with Crippen LogP contribution in [0.3, 0.4) is 0 Å². The van der Waals surface area contributed by atoms with Crippen molar-refractivity contribution in [1.82, 2.24) is 15.0 Å². The Hall–Kier alpha value is -4.53. The number of hydrogen-bond acceptors (Lipinski definition) is 5. The fourth-order valence-electron chi connectivity index (χ4n) is 3.32. The Kier molecular flexibility index (Phi) is 6.09. The zero-order valence-electron chi connectivity index (χ0n) is 17.5. The Balaban J connectivity index is 1.71. The Morgan fingerprint density at radius 3 is 1.91 bits per heavy atom. The van der Waals surface area contributed by atoms with E-state index >= 15 is 8.78 Å². The molecule has 0 aliphatic rings. The van der Waals surface area contributed by atoms with Gasteiger partial charge in [-0.2, -0.15) is 14.0 Å². The van der Waals surface area contributed by atoms with E-state index in [0.29, 0.717) is 16.7 Å². The van der Waals surface area contributed by atoms with E-state index in [9.17, 15) is 9.50 Å². The molecule has 1 unspecified atom stereocenters. The number of aromatic nitrogens is 3. The molecule has 0 saturated heterocycles. The molecule has 2 aromatic heterocycles. The monoisotopic (exact) mass is 456 g/mol. The van der Waals surface area contributed by atoms with E-state index in [1.54, 1.807) is 24.3 Å². The van der Waals surface area contributed by atoms with Crippen LogP contribution in [0.4, 0.5) is 13.2 Å². The highest BCUT2D eigenvalue weighted by Gasteiger charge is 2.57. The molecular weight excluding hydrogens is 441 g/mol. The standard InChI is InChI=1S/C26H15F3N4O/c27-23-10-8-21(9-11-23)25(34,22-15-31-17-32-16-22)26(28,29)24-12-7-20(14-33-24)6-3-18-1-4-19(13-30)5-2-18/h1-2,4-5,7-12,14-17,34H. The minimum atomic E-state index is -3.94. The largest absolute Gasteiger partial charge is 0.374 e. The lowest BCUT2D eigenvalue weighted by atomic mass is 9.80. The molecule has 0 radical (unpaired) electrons. The Labute approximate surface area is 193 Å². The molecule has 0 spiro atoms. The van der Waals surface area contributed by atoms with Crippen molar-refractivity contribution in [3.8, 4) is 17.9 Å². The van der Waals surface area contributed by atoms with Gasteiger partial charge in [-0.3, -0.25) is 4.98 Å². The maximum atomic E-state index is 15.8. The summed E-state index contributed by atoms with van der Waals surface area (Å²) in [5, 5.41) is 20.2. The van der Waals surface area contributed by atoms with Crippen molar-refractivity contribution < 1.29 is 18.3 Å². The molecule has 4 aromatic rings. The highest BCUT2D eigenvalue weighted by molar-refractivity contribution is 5.45. The van der Waals surface area contributed by atoms with E-state index in [1.165, 1.54) is 12.3 Å². The number of nitrogens with zero attached hydrogens (tertiary/aromatic N) is 4. The molecule has 2 aromatic carbocycles. The van der Waals surface area contributed by atoms with Crippen molar-refractivity contribution in [2.45, 2.75) is 11.5 Å². The van der Waals surface area contributed by atoms with Crippen LogP contribution in [0.25, 0.3) is 0 Å². The minimum absolute atomic E-state index is 0.250. The number of halogens is 3. The fourth-order valence-corrected chi connectivity index (χ4v) is 3.32. The second-order valence-corrected chi connectivity index (χ2v) is 7.29. The molecule has 0 bridgehead atoms. The molecule has 1 atom stereocenters. The molecule has 5 nitrogen and oxygen atoms in total. The van der Waals surface area contributed by atoms with E-state index < -0.39 is 23.0 Å². The number of pyridine rings is 1. The third kappa shape index (κ3) is 4.23. The van der Waals surface area contributed by atoms with Gasteiger partial charge in [-0.1, -0.05) is 24.0 Å². The zero-order chi connectivity index (χ0) is 24.2. The van der Waals surface area contributed by atoms with Gasteiger partial charge in [0.05, 0.1) is 11.6 Å². The number of alkyl halides is 2. The zero-order valence-corrected chi connectivity index (χ0v) is 17.5. The molecule has 34 heavy (non-hydrogen) atoms. The molecule has 4 rings (SSSR count). The lowest BCUT2D eigenvalue weighted by Crippen LogP contribution is -2.45. The number of hydrogen-bond donors (Lipinski definition) is 1. The normalized spacial score (nSPS) is 12.7. The molecule has 0 amide bonds. The Morgan fingerprint density at radius 1 is 0.735 bits per heavy atom. The first-order valence-corrected chi connectivity index (χ1v) is 9.95. The van der Waals surface area contributed by atoms with Crippen molar-refractivity contribution >= 4 is 0 Å². The summed E-state index contributed by atoms with van der Waals surface area (Å²) in [7, 11) is 0. The van der Waals surface area contributed by atoms with Gasteiger partial charge in [-0.15, -0.1) is 0 Å². The smallest absolute Gasteiger partial charge is 0.326 e. The molecule has 0 saturated carbocycles. The lowest BCUT2D eigenvalue weighted by Gasteiger charge is -2.35. The van der Waals surface area contributed by atoms with Crippen LogP contribution in [0.1, 0.15) is 33.5 Å². The maximum Gasteiger partial charge on any atom is 0.326 e. The lowest BCUT2D eigenvalue weighted by molar-refractivity contribution is -0.174. The first-order chi connectivity index (χ1) is 16.3. The summed E-state index contributed by atoms with van der Waals surface area (Å²) >= 11 is 0. The van der Waals surface area contributed by atoms with Crippen molar-refractivity contribution in [3.63, 3.8) is 0 Å². The van der Waals surface area contributed by atoms with Crippen molar-refractivity contribution in [2.75, 3.05) is 0 Å². The van der Waals surface area contributed by atoms with Gasteiger partial charge in [0.2, 0.25) is 0 Å². The van der Waals surface area contributed by atoms with Crippen molar-refractivity contribution in [2.24, 2.45) is 0 Å². The van der Waals surface area contributed by atoms with Gasteiger partial charge in [0.1, 0.15) is 17.8 Å². The average Bonchev–Trinajstić information content (AvgIpc) is 2.88. The first-order valence-electron chi connectivity index (χ1n) is 9.95. The molecule has 2 heterocycles. The Morgan fingerprint density at radius 2 is 1.32 bits per heavy atom. The summed E-state index contributed by atoms with van der Waals surface area (Å²) < 4.78 is 45.1. The topological polar surface area (TPSA) is 82.7 Å². The Bertz CT molecular complexity index is 1390. The van der Waals surface area contributed by atoms with E-state index in [2.05, 4.69) is 26.8 Å². The molecule has 8 heteroatoms. The second kappa shape index (κ2) is 9.14. The molecular formula is C26H15F3N4O. The molecule has 0 aliphatic heterocycles. The number of nitriles is 1. The summed E-state index contributed by atoms with van der Waals surface area (Å²) in [5.41, 5.74) is -2.65. The van der Waals surface area contributed by atoms with Crippen LogP contribution >= 0.6 is 0 Å². The molecule has 166 valence electrons. The fraction of sp³-hybridized carbons (Fsp3) is 0.0769. The van der Waals surface area contributed by atoms with Gasteiger partial charge in [-0.25, -0.2) is 14.4 Å². The van der Waals surface area contributed by atoms with Gasteiger partial charge in [0.15, 0.2) is 5.60 Å². The van der Waals surface area contributed by atoms with Crippen LogP contribution in [-0.4, -0.2) is 20.1 Å².